The first-order valence-electron chi connectivity index (χ1n) is 14.6. The lowest BCUT2D eigenvalue weighted by Crippen LogP contribution is -3.00. The maximum atomic E-state index is 14.8. The van der Waals surface area contributed by atoms with Gasteiger partial charge in [-0.2, -0.15) is 4.98 Å². The molecular formula is C31H42Cl2FN3O2. The second-order valence-electron chi connectivity index (χ2n) is 11.9. The normalized spacial score (nSPS) is 28.8. The summed E-state index contributed by atoms with van der Waals surface area (Å²) >= 11 is 0. The number of pyridine rings is 1. The number of amides is 1. The van der Waals surface area contributed by atoms with E-state index in [1.807, 2.05) is 18.2 Å². The van der Waals surface area contributed by atoms with Crippen molar-refractivity contribution in [1.29, 1.82) is 0 Å². The highest BCUT2D eigenvalue weighted by molar-refractivity contribution is 5.82. The molecule has 3 N–H and O–H groups in total. The van der Waals surface area contributed by atoms with Gasteiger partial charge in [-0.05, 0) is 68.1 Å². The molecule has 39 heavy (non-hydrogen) atoms. The molecule has 2 aliphatic heterocycles. The minimum Gasteiger partial charge on any atom is -1.00 e. The van der Waals surface area contributed by atoms with Gasteiger partial charge < -0.3 is 39.8 Å². The van der Waals surface area contributed by atoms with Crippen molar-refractivity contribution in [3.8, 4) is 5.88 Å². The molecule has 0 unspecified atom stereocenters. The molecule has 1 aromatic carbocycles. The zero-order chi connectivity index (χ0) is 25.4. The third-order valence-corrected chi connectivity index (χ3v) is 10.1. The van der Waals surface area contributed by atoms with Crippen LogP contribution in [0, 0.1) is 17.7 Å². The van der Waals surface area contributed by atoms with E-state index in [4.69, 9.17) is 4.74 Å². The van der Waals surface area contributed by atoms with Gasteiger partial charge in [-0.25, -0.2) is 4.39 Å². The topological polar surface area (TPSA) is 60.3 Å². The molecule has 1 spiro atoms. The highest BCUT2D eigenvalue weighted by Crippen LogP contribution is 2.46. The van der Waals surface area contributed by atoms with Crippen molar-refractivity contribution in [1.82, 2.24) is 4.90 Å². The summed E-state index contributed by atoms with van der Waals surface area (Å²) in [7, 11) is 1.70. The number of piperidine rings is 1. The quantitative estimate of drug-likeness (QED) is 0.447. The van der Waals surface area contributed by atoms with Gasteiger partial charge in [-0.1, -0.05) is 37.5 Å². The number of halogens is 3. The number of likely N-dealkylation sites (tertiary alicyclic amines) is 1. The summed E-state index contributed by atoms with van der Waals surface area (Å²) in [6.45, 7) is 2.57. The van der Waals surface area contributed by atoms with Gasteiger partial charge in [-0.3, -0.25) is 4.79 Å². The van der Waals surface area contributed by atoms with Crippen LogP contribution in [-0.4, -0.2) is 43.6 Å². The summed E-state index contributed by atoms with van der Waals surface area (Å²) in [5.74, 6) is 1.76. The van der Waals surface area contributed by atoms with Crippen molar-refractivity contribution < 1.29 is 49.0 Å². The van der Waals surface area contributed by atoms with E-state index >= 15 is 0 Å². The van der Waals surface area contributed by atoms with Crippen LogP contribution in [0.5, 0.6) is 5.88 Å². The molecule has 0 radical (unpaired) electrons. The Morgan fingerprint density at radius 2 is 1.87 bits per heavy atom. The lowest BCUT2D eigenvalue weighted by molar-refractivity contribution is -0.640. The number of carbonyl (C=O) groups is 1. The van der Waals surface area contributed by atoms with Gasteiger partial charge in [0.05, 0.1) is 31.7 Å². The van der Waals surface area contributed by atoms with E-state index in [0.29, 0.717) is 11.8 Å². The first-order valence-corrected chi connectivity index (χ1v) is 14.6. The maximum absolute atomic E-state index is 14.8. The van der Waals surface area contributed by atoms with Crippen molar-refractivity contribution in [2.75, 3.05) is 26.7 Å². The van der Waals surface area contributed by atoms with Crippen molar-refractivity contribution >= 4 is 5.91 Å². The third-order valence-electron chi connectivity index (χ3n) is 10.1. The second-order valence-corrected chi connectivity index (χ2v) is 11.9. The molecule has 4 atom stereocenters. The van der Waals surface area contributed by atoms with Crippen LogP contribution in [0.3, 0.4) is 0 Å². The Morgan fingerprint density at radius 1 is 1.08 bits per heavy atom. The van der Waals surface area contributed by atoms with Gasteiger partial charge in [-0.15, -0.1) is 0 Å². The predicted octanol–water partition coefficient (Wildman–Crippen LogP) is -2.22. The molecule has 2 saturated heterocycles. The number of nitrogens with zero attached hydrogens (tertiary/aromatic N) is 1. The van der Waals surface area contributed by atoms with Crippen LogP contribution in [0.2, 0.25) is 0 Å². The first-order chi connectivity index (χ1) is 18.1. The number of hydrogen-bond donors (Lipinski definition) is 1. The molecule has 8 heteroatoms. The van der Waals surface area contributed by atoms with Gasteiger partial charge in [0.1, 0.15) is 11.7 Å². The number of quaternary nitrogens is 1. The molecule has 5 nitrogen and oxygen atoms in total. The molecule has 6 rings (SSSR count). The van der Waals surface area contributed by atoms with Crippen LogP contribution in [0.1, 0.15) is 80.5 Å². The smallest absolute Gasteiger partial charge is 0.366 e. The molecule has 0 bridgehead atoms. The standard InChI is InChI=1S/C31H40FN3O2.2ClH/c1-37-29-14-13-24-27(34-29)12-7-16-31(24)20-33-19-25(31)30(36)35-17-15-22(23-10-5-6-11-26(23)32)18-28(35)21-8-3-2-4-9-21;;/h5-6,10-11,13-14,21-22,25,28,33H,2-4,7-9,12,15-20H2,1H3;2*1H/t22-,25+,28+,31+;;/m1../s1. The van der Waals surface area contributed by atoms with Gasteiger partial charge >= 0.3 is 5.88 Å². The van der Waals surface area contributed by atoms with Gasteiger partial charge in [0.25, 0.3) is 0 Å². The Balaban J connectivity index is 0.00000176. The highest BCUT2D eigenvalue weighted by atomic mass is 35.5. The molecule has 1 amide bonds. The van der Waals surface area contributed by atoms with Crippen molar-refractivity contribution in [2.45, 2.75) is 81.6 Å². The fourth-order valence-electron chi connectivity index (χ4n) is 8.33. The number of carbonyl (C=O) groups excluding carboxylic acids is 1. The molecule has 3 heterocycles. The number of fused-ring (bicyclic) bond motifs is 2. The van der Waals surface area contributed by atoms with E-state index in [0.717, 1.165) is 63.2 Å². The van der Waals surface area contributed by atoms with Crippen LogP contribution in [0.25, 0.3) is 0 Å². The minimum atomic E-state index is -0.118. The number of benzene rings is 1. The number of aryl methyl sites for hydroxylation is 1. The van der Waals surface area contributed by atoms with E-state index in [1.165, 1.54) is 43.4 Å². The Labute approximate surface area is 244 Å². The van der Waals surface area contributed by atoms with Crippen molar-refractivity contribution in [2.24, 2.45) is 11.8 Å². The molecule has 2 aliphatic carbocycles. The largest absolute Gasteiger partial charge is 1.00 e. The predicted molar refractivity (Wildman–Crippen MR) is 140 cm³/mol. The Kier molecular flexibility index (Phi) is 9.83. The minimum absolute atomic E-state index is 0. The SMILES string of the molecule is COc1ccc2c([nH+]1)CCC[C@]21C[NH2+]C[C@H]1C(=O)N1CC[C@@H](c2ccccc2F)C[C@H]1C1CCCCC1.[Cl-].[Cl-]. The number of methoxy groups -OCH3 is 1. The van der Waals surface area contributed by atoms with Crippen LogP contribution >= 0.6 is 0 Å². The van der Waals surface area contributed by atoms with Crippen LogP contribution in [-0.2, 0) is 16.6 Å². The first kappa shape index (κ1) is 30.1. The van der Waals surface area contributed by atoms with Gasteiger partial charge in [0.15, 0.2) is 5.69 Å². The van der Waals surface area contributed by atoms with E-state index in [1.54, 1.807) is 19.2 Å². The number of rotatable bonds is 4. The monoisotopic (exact) mass is 577 g/mol. The fourth-order valence-corrected chi connectivity index (χ4v) is 8.33. The number of nitrogens with one attached hydrogen (secondary N) is 1. The molecule has 4 aliphatic rings. The van der Waals surface area contributed by atoms with Crippen molar-refractivity contribution in [3.63, 3.8) is 0 Å². The van der Waals surface area contributed by atoms with E-state index in [9.17, 15) is 9.18 Å². The number of hydrogen-bond acceptors (Lipinski definition) is 2. The Bertz CT molecular complexity index is 1140. The van der Waals surface area contributed by atoms with Gasteiger partial charge in [0.2, 0.25) is 5.91 Å². The fraction of sp³-hybridized carbons (Fsp3) is 0.613. The summed E-state index contributed by atoms with van der Waals surface area (Å²) in [5.41, 5.74) is 3.28. The molecule has 2 aromatic rings. The highest BCUT2D eigenvalue weighted by Gasteiger charge is 2.56. The number of aromatic amines is 1. The molecule has 3 fully saturated rings. The maximum Gasteiger partial charge on any atom is 0.366 e. The number of aromatic nitrogens is 1. The summed E-state index contributed by atoms with van der Waals surface area (Å²) < 4.78 is 20.3. The third kappa shape index (κ3) is 5.54. The number of ether oxygens (including phenoxy) is 1. The van der Waals surface area contributed by atoms with Crippen molar-refractivity contribution in [3.05, 3.63) is 59.0 Å². The van der Waals surface area contributed by atoms with Crippen LogP contribution in [0.4, 0.5) is 4.39 Å². The van der Waals surface area contributed by atoms with E-state index < -0.39 is 0 Å². The average molecular weight is 579 g/mol. The summed E-state index contributed by atoms with van der Waals surface area (Å²) in [6, 6.07) is 11.7. The molecule has 214 valence electrons. The summed E-state index contributed by atoms with van der Waals surface area (Å²) in [5, 5.41) is 2.36. The lowest BCUT2D eigenvalue weighted by atomic mass is 9.64. The number of nitrogens with two attached hydrogens (primary N) is 1. The van der Waals surface area contributed by atoms with Gasteiger partial charge in [0, 0.05) is 24.6 Å². The van der Waals surface area contributed by atoms with E-state index in [2.05, 4.69) is 21.3 Å². The molecule has 1 aromatic heterocycles. The van der Waals surface area contributed by atoms with Crippen LogP contribution < -0.4 is 39.9 Å². The Hall–Kier alpha value is -1.89. The lowest BCUT2D eigenvalue weighted by Gasteiger charge is -2.47. The zero-order valence-electron chi connectivity index (χ0n) is 22.9. The average Bonchev–Trinajstić information content (AvgIpc) is 3.36. The molecular weight excluding hydrogens is 536 g/mol. The van der Waals surface area contributed by atoms with E-state index in [-0.39, 0.29) is 53.9 Å². The van der Waals surface area contributed by atoms with Crippen LogP contribution in [0.15, 0.2) is 36.4 Å². The number of H-pyrrole nitrogens is 1. The second kappa shape index (κ2) is 12.7. The summed E-state index contributed by atoms with van der Waals surface area (Å²) in [4.78, 5) is 20.3. The summed E-state index contributed by atoms with van der Waals surface area (Å²) in [6.07, 6.45) is 11.1. The molecule has 1 saturated carbocycles. The zero-order valence-corrected chi connectivity index (χ0v) is 24.5. The Morgan fingerprint density at radius 3 is 2.64 bits per heavy atom.